The molecule has 3 rings (SSSR count). The Morgan fingerprint density at radius 2 is 1.62 bits per heavy atom. The standard InChI is InChI=1S/C29H32Cl2FN3O4S/c1-4-27(29(37)33-17-20(2)3)34(18-21-10-11-22(30)16-26(21)31)28(36)19-35(24-14-12-23(32)13-15-24)40(38,39)25-8-6-5-7-9-25/h5-16,20,27H,4,17-19H2,1-3H3,(H,33,37). The van der Waals surface area contributed by atoms with E-state index in [-0.39, 0.29) is 35.4 Å². The van der Waals surface area contributed by atoms with Gasteiger partial charge in [0.1, 0.15) is 18.4 Å². The Morgan fingerprint density at radius 1 is 0.975 bits per heavy atom. The molecule has 0 bridgehead atoms. The molecule has 214 valence electrons. The summed E-state index contributed by atoms with van der Waals surface area (Å²) in [7, 11) is -4.24. The molecule has 1 unspecified atom stereocenters. The second kappa shape index (κ2) is 14.0. The van der Waals surface area contributed by atoms with Gasteiger partial charge in [-0.05, 0) is 66.4 Å². The molecule has 0 aromatic heterocycles. The Kier molecular flexibility index (Phi) is 11.0. The quantitative estimate of drug-likeness (QED) is 0.277. The van der Waals surface area contributed by atoms with Crippen molar-refractivity contribution in [2.24, 2.45) is 5.92 Å². The van der Waals surface area contributed by atoms with Crippen molar-refractivity contribution < 1.29 is 22.4 Å². The van der Waals surface area contributed by atoms with E-state index in [0.717, 1.165) is 16.4 Å². The minimum atomic E-state index is -4.24. The summed E-state index contributed by atoms with van der Waals surface area (Å²) in [6, 6.07) is 16.3. The third-order valence-corrected chi connectivity index (χ3v) is 8.53. The second-order valence-corrected chi connectivity index (χ2v) is 12.3. The van der Waals surface area contributed by atoms with Crippen LogP contribution in [0.2, 0.25) is 10.0 Å². The normalized spacial score (nSPS) is 12.2. The van der Waals surface area contributed by atoms with Crippen molar-refractivity contribution >= 4 is 50.7 Å². The first-order chi connectivity index (χ1) is 18.9. The minimum Gasteiger partial charge on any atom is -0.354 e. The molecule has 0 heterocycles. The molecule has 0 spiro atoms. The van der Waals surface area contributed by atoms with Crippen LogP contribution in [0.15, 0.2) is 77.7 Å². The van der Waals surface area contributed by atoms with Crippen LogP contribution in [0.1, 0.15) is 32.8 Å². The highest BCUT2D eigenvalue weighted by Crippen LogP contribution is 2.27. The molecular weight excluding hydrogens is 576 g/mol. The number of sulfonamides is 1. The molecule has 3 aromatic carbocycles. The molecule has 3 aromatic rings. The van der Waals surface area contributed by atoms with Gasteiger partial charge >= 0.3 is 0 Å². The van der Waals surface area contributed by atoms with Crippen LogP contribution < -0.4 is 9.62 Å². The minimum absolute atomic E-state index is 0.0406. The Balaban J connectivity index is 2.05. The number of carbonyl (C=O) groups excluding carboxylic acids is 2. The first kappa shape index (κ1) is 31.4. The predicted octanol–water partition coefficient (Wildman–Crippen LogP) is 5.91. The van der Waals surface area contributed by atoms with Crippen LogP contribution in [0.4, 0.5) is 10.1 Å². The van der Waals surface area contributed by atoms with E-state index in [0.29, 0.717) is 22.2 Å². The van der Waals surface area contributed by atoms with E-state index in [2.05, 4.69) is 5.32 Å². The Labute approximate surface area is 244 Å². The van der Waals surface area contributed by atoms with Gasteiger partial charge in [0.2, 0.25) is 11.8 Å². The number of benzene rings is 3. The summed E-state index contributed by atoms with van der Waals surface area (Å²) in [5.74, 6) is -1.38. The Morgan fingerprint density at radius 3 is 2.20 bits per heavy atom. The van der Waals surface area contributed by atoms with Gasteiger partial charge in [-0.25, -0.2) is 12.8 Å². The molecule has 7 nitrogen and oxygen atoms in total. The molecule has 0 saturated heterocycles. The zero-order valence-corrected chi connectivity index (χ0v) is 24.8. The summed E-state index contributed by atoms with van der Waals surface area (Å²) in [5.41, 5.74) is 0.633. The average molecular weight is 609 g/mol. The summed E-state index contributed by atoms with van der Waals surface area (Å²) in [6.45, 7) is 5.37. The fourth-order valence-electron chi connectivity index (χ4n) is 4.03. The van der Waals surface area contributed by atoms with Crippen molar-refractivity contribution in [3.8, 4) is 0 Å². The van der Waals surface area contributed by atoms with Crippen LogP contribution in [0, 0.1) is 11.7 Å². The number of amides is 2. The fourth-order valence-corrected chi connectivity index (χ4v) is 5.93. The highest BCUT2D eigenvalue weighted by Gasteiger charge is 2.34. The summed E-state index contributed by atoms with van der Waals surface area (Å²) >= 11 is 12.5. The van der Waals surface area contributed by atoms with E-state index in [4.69, 9.17) is 23.2 Å². The lowest BCUT2D eigenvalue weighted by Crippen LogP contribution is -2.52. The van der Waals surface area contributed by atoms with Crippen LogP contribution in [0.3, 0.4) is 0 Å². The van der Waals surface area contributed by atoms with Gasteiger partial charge in [0.15, 0.2) is 0 Å². The molecule has 0 aliphatic carbocycles. The zero-order chi connectivity index (χ0) is 29.4. The molecule has 40 heavy (non-hydrogen) atoms. The first-order valence-electron chi connectivity index (χ1n) is 12.8. The van der Waals surface area contributed by atoms with Crippen molar-refractivity contribution in [1.29, 1.82) is 0 Å². The van der Waals surface area contributed by atoms with Crippen molar-refractivity contribution in [3.05, 3.63) is 94.2 Å². The summed E-state index contributed by atoms with van der Waals surface area (Å²) in [5, 5.41) is 3.57. The van der Waals surface area contributed by atoms with E-state index in [1.165, 1.54) is 35.2 Å². The van der Waals surface area contributed by atoms with Gasteiger partial charge in [-0.15, -0.1) is 0 Å². The van der Waals surface area contributed by atoms with E-state index in [1.54, 1.807) is 37.3 Å². The smallest absolute Gasteiger partial charge is 0.264 e. The molecule has 1 N–H and O–H groups in total. The maximum Gasteiger partial charge on any atom is 0.264 e. The monoisotopic (exact) mass is 607 g/mol. The molecule has 11 heteroatoms. The number of hydrogen-bond acceptors (Lipinski definition) is 4. The van der Waals surface area contributed by atoms with Gasteiger partial charge in [0.05, 0.1) is 10.6 Å². The highest BCUT2D eigenvalue weighted by atomic mass is 35.5. The fraction of sp³-hybridized carbons (Fsp3) is 0.310. The van der Waals surface area contributed by atoms with Crippen LogP contribution in [0.25, 0.3) is 0 Å². The van der Waals surface area contributed by atoms with E-state index in [1.807, 2.05) is 13.8 Å². The third kappa shape index (κ3) is 7.96. The lowest BCUT2D eigenvalue weighted by atomic mass is 10.1. The van der Waals surface area contributed by atoms with E-state index >= 15 is 0 Å². The number of halogens is 3. The highest BCUT2D eigenvalue weighted by molar-refractivity contribution is 7.92. The van der Waals surface area contributed by atoms with Gasteiger partial charge in [0.25, 0.3) is 10.0 Å². The maximum absolute atomic E-state index is 14.0. The number of rotatable bonds is 12. The molecule has 0 aliphatic rings. The molecular formula is C29H32Cl2FN3O4S. The van der Waals surface area contributed by atoms with E-state index in [9.17, 15) is 22.4 Å². The number of hydrogen-bond donors (Lipinski definition) is 1. The van der Waals surface area contributed by atoms with Gasteiger partial charge in [-0.1, -0.05) is 68.2 Å². The number of nitrogens with zero attached hydrogens (tertiary/aromatic N) is 2. The SMILES string of the molecule is CCC(C(=O)NCC(C)C)N(Cc1ccc(Cl)cc1Cl)C(=O)CN(c1ccc(F)cc1)S(=O)(=O)c1ccccc1. The zero-order valence-electron chi connectivity index (χ0n) is 22.5. The van der Waals surface area contributed by atoms with Gasteiger partial charge in [0, 0.05) is 23.1 Å². The Bertz CT molecular complexity index is 1420. The number of carbonyl (C=O) groups is 2. The third-order valence-electron chi connectivity index (χ3n) is 6.15. The van der Waals surface area contributed by atoms with Crippen molar-refractivity contribution in [2.75, 3.05) is 17.4 Å². The van der Waals surface area contributed by atoms with Crippen LogP contribution in [-0.4, -0.2) is 44.3 Å². The van der Waals surface area contributed by atoms with Crippen molar-refractivity contribution in [2.45, 2.75) is 44.7 Å². The summed E-state index contributed by atoms with van der Waals surface area (Å²) in [6.07, 6.45) is 0.267. The van der Waals surface area contributed by atoms with Crippen molar-refractivity contribution in [3.63, 3.8) is 0 Å². The second-order valence-electron chi connectivity index (χ2n) is 9.62. The Hall–Kier alpha value is -3.14. The topological polar surface area (TPSA) is 86.8 Å². The number of nitrogens with one attached hydrogen (secondary N) is 1. The van der Waals surface area contributed by atoms with Crippen molar-refractivity contribution in [1.82, 2.24) is 10.2 Å². The van der Waals surface area contributed by atoms with Crippen LogP contribution >= 0.6 is 23.2 Å². The van der Waals surface area contributed by atoms with Crippen LogP contribution in [-0.2, 0) is 26.2 Å². The van der Waals surface area contributed by atoms with Gasteiger partial charge in [-0.2, -0.15) is 0 Å². The summed E-state index contributed by atoms with van der Waals surface area (Å²) in [4.78, 5) is 28.5. The largest absolute Gasteiger partial charge is 0.354 e. The lowest BCUT2D eigenvalue weighted by molar-refractivity contribution is -0.140. The van der Waals surface area contributed by atoms with E-state index < -0.39 is 34.3 Å². The van der Waals surface area contributed by atoms with Crippen LogP contribution in [0.5, 0.6) is 0 Å². The molecule has 0 aliphatic heterocycles. The molecule has 0 fully saturated rings. The molecule has 0 radical (unpaired) electrons. The predicted molar refractivity (Wildman–Crippen MR) is 156 cm³/mol. The molecule has 1 atom stereocenters. The molecule has 2 amide bonds. The maximum atomic E-state index is 14.0. The average Bonchev–Trinajstić information content (AvgIpc) is 2.92. The molecule has 0 saturated carbocycles. The lowest BCUT2D eigenvalue weighted by Gasteiger charge is -2.33. The summed E-state index contributed by atoms with van der Waals surface area (Å²) < 4.78 is 42.1. The number of anilines is 1. The van der Waals surface area contributed by atoms with Gasteiger partial charge in [-0.3, -0.25) is 13.9 Å². The van der Waals surface area contributed by atoms with Gasteiger partial charge < -0.3 is 10.2 Å². The first-order valence-corrected chi connectivity index (χ1v) is 15.0.